The van der Waals surface area contributed by atoms with Crippen molar-refractivity contribution in [3.05, 3.63) is 29.8 Å². The first kappa shape index (κ1) is 38.5. The second-order valence-electron chi connectivity index (χ2n) is 12.1. The Morgan fingerprint density at radius 3 is 1.69 bits per heavy atom. The van der Waals surface area contributed by atoms with Crippen molar-refractivity contribution in [2.45, 2.75) is 168 Å². The Morgan fingerprint density at radius 1 is 0.643 bits per heavy atom. The highest BCUT2D eigenvalue weighted by molar-refractivity contribution is 7.99. The van der Waals surface area contributed by atoms with Gasteiger partial charge in [0.1, 0.15) is 0 Å². The van der Waals surface area contributed by atoms with Crippen LogP contribution in [0.2, 0.25) is 0 Å². The summed E-state index contributed by atoms with van der Waals surface area (Å²) in [6.45, 7) is 5.11. The predicted octanol–water partition coefficient (Wildman–Crippen LogP) is 11.9. The number of nitrogens with one attached hydrogen (secondary N) is 2. The van der Waals surface area contributed by atoms with E-state index in [1.807, 2.05) is 0 Å². The lowest BCUT2D eigenvalue weighted by atomic mass is 10.0. The standard InChI is InChI=1S/C37H66N2O2S/c1-3-5-7-9-11-13-15-17-19-21-24-34-26-28-35(29-27-34)39-36(38)25-23-32-42-33-30-37(40)41-31-22-20-18-16-14-12-10-8-6-4-2/h26-29H,3-25,30-33H2,1-2H3,(H2,38,39). The van der Waals surface area contributed by atoms with Crippen LogP contribution in [-0.4, -0.2) is 29.9 Å². The van der Waals surface area contributed by atoms with Gasteiger partial charge in [-0.25, -0.2) is 0 Å². The second-order valence-corrected chi connectivity index (χ2v) is 13.3. The van der Waals surface area contributed by atoms with Crippen LogP contribution < -0.4 is 5.32 Å². The van der Waals surface area contributed by atoms with Gasteiger partial charge in [0, 0.05) is 17.9 Å². The van der Waals surface area contributed by atoms with Crippen molar-refractivity contribution in [2.24, 2.45) is 0 Å². The monoisotopic (exact) mass is 602 g/mol. The Morgan fingerprint density at radius 2 is 1.14 bits per heavy atom. The lowest BCUT2D eigenvalue weighted by Crippen LogP contribution is -2.11. The normalized spacial score (nSPS) is 11.1. The number of aryl methyl sites for hydroxylation is 1. The number of amidine groups is 1. The first-order chi connectivity index (χ1) is 20.7. The van der Waals surface area contributed by atoms with E-state index in [9.17, 15) is 4.79 Å². The smallest absolute Gasteiger partial charge is 0.306 e. The number of unbranched alkanes of at least 4 members (excludes halogenated alkanes) is 18. The SMILES string of the molecule is CCCCCCCCCCCCOC(=O)CCSCCCC(=N)Nc1ccc(CCCCCCCCCCCC)cc1. The molecular weight excluding hydrogens is 536 g/mol. The molecule has 0 aromatic heterocycles. The van der Waals surface area contributed by atoms with Crippen LogP contribution in [0.5, 0.6) is 0 Å². The maximum atomic E-state index is 11.9. The molecule has 5 heteroatoms. The van der Waals surface area contributed by atoms with Crippen molar-refractivity contribution in [3.63, 3.8) is 0 Å². The number of esters is 1. The Kier molecular flexibility index (Phi) is 27.1. The molecule has 1 rings (SSSR count). The van der Waals surface area contributed by atoms with Crippen LogP contribution >= 0.6 is 11.8 Å². The summed E-state index contributed by atoms with van der Waals surface area (Å²) >= 11 is 1.78. The third-order valence-corrected chi connectivity index (χ3v) is 9.07. The van der Waals surface area contributed by atoms with E-state index in [0.29, 0.717) is 18.9 Å². The molecule has 0 aliphatic carbocycles. The Labute approximate surface area is 264 Å². The molecule has 0 spiro atoms. The third-order valence-electron chi connectivity index (χ3n) is 8.00. The zero-order chi connectivity index (χ0) is 30.4. The maximum Gasteiger partial charge on any atom is 0.306 e. The van der Waals surface area contributed by atoms with Gasteiger partial charge in [-0.05, 0) is 49.1 Å². The molecule has 2 N–H and O–H groups in total. The minimum absolute atomic E-state index is 0.0653. The summed E-state index contributed by atoms with van der Waals surface area (Å²) in [6.07, 6.45) is 30.0. The molecule has 0 aliphatic rings. The summed E-state index contributed by atoms with van der Waals surface area (Å²) in [4.78, 5) is 11.9. The number of anilines is 1. The van der Waals surface area contributed by atoms with Crippen LogP contribution in [0.15, 0.2) is 24.3 Å². The number of ether oxygens (including phenoxy) is 1. The Hall–Kier alpha value is -1.49. The van der Waals surface area contributed by atoms with Crippen LogP contribution in [0.4, 0.5) is 5.69 Å². The van der Waals surface area contributed by atoms with Crippen molar-refractivity contribution < 1.29 is 9.53 Å². The van der Waals surface area contributed by atoms with Crippen molar-refractivity contribution >= 4 is 29.3 Å². The molecule has 42 heavy (non-hydrogen) atoms. The molecule has 4 nitrogen and oxygen atoms in total. The molecule has 0 saturated heterocycles. The summed E-state index contributed by atoms with van der Waals surface area (Å²) < 4.78 is 5.39. The lowest BCUT2D eigenvalue weighted by molar-refractivity contribution is -0.143. The van der Waals surface area contributed by atoms with Crippen molar-refractivity contribution in [3.8, 4) is 0 Å². The highest BCUT2D eigenvalue weighted by Gasteiger charge is 2.04. The molecule has 0 bridgehead atoms. The van der Waals surface area contributed by atoms with Gasteiger partial charge in [-0.15, -0.1) is 0 Å². The van der Waals surface area contributed by atoms with Gasteiger partial charge in [0.25, 0.3) is 0 Å². The van der Waals surface area contributed by atoms with Gasteiger partial charge in [0.05, 0.1) is 18.9 Å². The van der Waals surface area contributed by atoms with Gasteiger partial charge >= 0.3 is 5.97 Å². The topological polar surface area (TPSA) is 62.2 Å². The van der Waals surface area contributed by atoms with Gasteiger partial charge in [0.15, 0.2) is 0 Å². The fourth-order valence-electron chi connectivity index (χ4n) is 5.26. The Balaban J connectivity index is 1.92. The van der Waals surface area contributed by atoms with Crippen molar-refractivity contribution in [1.29, 1.82) is 5.41 Å². The lowest BCUT2D eigenvalue weighted by Gasteiger charge is -2.09. The van der Waals surface area contributed by atoms with Crippen LogP contribution in [0, 0.1) is 5.41 Å². The van der Waals surface area contributed by atoms with E-state index in [1.54, 1.807) is 11.8 Å². The molecule has 0 unspecified atom stereocenters. The van der Waals surface area contributed by atoms with E-state index in [1.165, 1.54) is 128 Å². The van der Waals surface area contributed by atoms with E-state index in [2.05, 4.69) is 43.4 Å². The second kappa shape index (κ2) is 29.6. The summed E-state index contributed by atoms with van der Waals surface area (Å²) in [6, 6.07) is 8.62. The van der Waals surface area contributed by atoms with E-state index >= 15 is 0 Å². The molecule has 0 fully saturated rings. The highest BCUT2D eigenvalue weighted by atomic mass is 32.2. The summed E-state index contributed by atoms with van der Waals surface area (Å²) in [5.41, 5.74) is 2.40. The number of carbonyl (C=O) groups excluding carboxylic acids is 1. The summed E-state index contributed by atoms with van der Waals surface area (Å²) in [5.74, 6) is 2.27. The number of carbonyl (C=O) groups is 1. The zero-order valence-corrected chi connectivity index (χ0v) is 28.4. The molecule has 1 aromatic rings. The van der Waals surface area contributed by atoms with Crippen molar-refractivity contribution in [1.82, 2.24) is 0 Å². The number of rotatable bonds is 30. The Bertz CT molecular complexity index is 753. The largest absolute Gasteiger partial charge is 0.466 e. The maximum absolute atomic E-state index is 11.9. The number of hydrogen-bond donors (Lipinski definition) is 2. The van der Waals surface area contributed by atoms with Crippen LogP contribution in [0.1, 0.15) is 167 Å². The van der Waals surface area contributed by atoms with E-state index < -0.39 is 0 Å². The van der Waals surface area contributed by atoms with Crippen LogP contribution in [-0.2, 0) is 16.0 Å². The molecule has 0 aliphatic heterocycles. The molecule has 242 valence electrons. The van der Waals surface area contributed by atoms with Crippen LogP contribution in [0.25, 0.3) is 0 Å². The first-order valence-electron chi connectivity index (χ1n) is 17.8. The summed E-state index contributed by atoms with van der Waals surface area (Å²) in [7, 11) is 0. The van der Waals surface area contributed by atoms with Crippen molar-refractivity contribution in [2.75, 3.05) is 23.4 Å². The van der Waals surface area contributed by atoms with E-state index in [4.69, 9.17) is 10.1 Å². The van der Waals surface area contributed by atoms with Gasteiger partial charge in [-0.2, -0.15) is 11.8 Å². The minimum atomic E-state index is -0.0653. The highest BCUT2D eigenvalue weighted by Crippen LogP contribution is 2.16. The molecule has 1 aromatic carbocycles. The molecule has 0 atom stereocenters. The molecule has 0 heterocycles. The fraction of sp³-hybridized carbons (Fsp3) is 0.784. The fourth-order valence-corrected chi connectivity index (χ4v) is 6.13. The van der Waals surface area contributed by atoms with E-state index in [0.717, 1.165) is 42.9 Å². The first-order valence-corrected chi connectivity index (χ1v) is 19.0. The number of benzene rings is 1. The quantitative estimate of drug-likeness (QED) is 0.0398. The van der Waals surface area contributed by atoms with Gasteiger partial charge in [-0.3, -0.25) is 10.2 Å². The average molecular weight is 603 g/mol. The van der Waals surface area contributed by atoms with E-state index in [-0.39, 0.29) is 5.97 Å². The molecule has 0 amide bonds. The van der Waals surface area contributed by atoms with Gasteiger partial charge in [0.2, 0.25) is 0 Å². The van der Waals surface area contributed by atoms with Gasteiger partial charge < -0.3 is 10.1 Å². The number of thioether (sulfide) groups is 1. The van der Waals surface area contributed by atoms with Gasteiger partial charge in [-0.1, -0.05) is 142 Å². The number of hydrogen-bond acceptors (Lipinski definition) is 4. The molecular formula is C37H66N2O2S. The average Bonchev–Trinajstić information content (AvgIpc) is 2.99. The minimum Gasteiger partial charge on any atom is -0.466 e. The molecule has 0 saturated carbocycles. The predicted molar refractivity (Wildman–Crippen MR) is 187 cm³/mol. The third kappa shape index (κ3) is 25.0. The van der Waals surface area contributed by atoms with Crippen LogP contribution in [0.3, 0.4) is 0 Å². The zero-order valence-electron chi connectivity index (χ0n) is 27.6. The summed E-state index contributed by atoms with van der Waals surface area (Å²) in [5, 5.41) is 11.5. The molecule has 0 radical (unpaired) electrons.